The summed E-state index contributed by atoms with van der Waals surface area (Å²) in [4.78, 5) is 123. The number of nitrogens with one attached hydrogen (secondary N) is 6. The predicted molar refractivity (Wildman–Crippen MR) is 581 cm³/mol. The topological polar surface area (TPSA) is 286 Å². The summed E-state index contributed by atoms with van der Waals surface area (Å²) in [5.74, 6) is -4.58. The largest absolute Gasteiger partial charge is 0.352 e. The van der Waals surface area contributed by atoms with Gasteiger partial charge in [-0.05, 0) is 317 Å². The highest BCUT2D eigenvalue weighted by Crippen LogP contribution is 2.56. The van der Waals surface area contributed by atoms with Gasteiger partial charge in [0.25, 0.3) is 24.1 Å². The third kappa shape index (κ3) is 19.4. The summed E-state index contributed by atoms with van der Waals surface area (Å²) in [6, 6.07) is 30.0. The van der Waals surface area contributed by atoms with Crippen molar-refractivity contribution in [2.24, 2.45) is 0 Å². The zero-order valence-corrected chi connectivity index (χ0v) is 90.4. The van der Waals surface area contributed by atoms with Gasteiger partial charge in [0, 0.05) is 99.7 Å². The Morgan fingerprint density at radius 3 is 0.980 bits per heavy atom. The molecule has 3 saturated heterocycles. The number of nitrogens with zero attached hydrogens (tertiary/aromatic N) is 15. The second kappa shape index (κ2) is 41.0. The van der Waals surface area contributed by atoms with Gasteiger partial charge >= 0.3 is 0 Å². The average Bonchev–Trinajstić information content (AvgIpc) is 1.56. The maximum atomic E-state index is 15.4. The number of halogens is 9. The zero-order chi connectivity index (χ0) is 107. The van der Waals surface area contributed by atoms with E-state index >= 15 is 17.6 Å². The van der Waals surface area contributed by atoms with Crippen molar-refractivity contribution in [2.45, 2.75) is 290 Å². The van der Waals surface area contributed by atoms with E-state index in [-0.39, 0.29) is 133 Å². The van der Waals surface area contributed by atoms with Crippen LogP contribution >= 0.6 is 34.8 Å². The monoisotopic (exact) mass is 2110 g/mol. The molecule has 21 rings (SSSR count). The molecule has 12 heterocycles. The number of carbonyl (C=O) groups excluding carboxylic acids is 6. The number of piperidine rings is 3. The lowest BCUT2D eigenvalue weighted by Crippen LogP contribution is -2.64. The van der Waals surface area contributed by atoms with Gasteiger partial charge in [0.15, 0.2) is 29.1 Å². The van der Waals surface area contributed by atoms with E-state index in [0.717, 1.165) is 140 Å². The summed E-state index contributed by atoms with van der Waals surface area (Å²) in [7, 11) is 0. The molecule has 6 aromatic carbocycles. The van der Waals surface area contributed by atoms with E-state index in [1.807, 2.05) is 185 Å². The van der Waals surface area contributed by atoms with E-state index in [4.69, 9.17) is 54.7 Å². The molecule has 3 saturated carbocycles. The Bertz CT molecular complexity index is 7350. The first kappa shape index (κ1) is 106. The van der Waals surface area contributed by atoms with Crippen LogP contribution in [0.3, 0.4) is 0 Å². The number of hydrogen-bond acceptors (Lipinski definition) is 18. The third-order valence-corrected chi connectivity index (χ3v) is 33.6. The number of benzene rings is 6. The summed E-state index contributed by atoms with van der Waals surface area (Å²) in [5, 5.41) is 15.8. The van der Waals surface area contributed by atoms with Gasteiger partial charge in [-0.3, -0.25) is 43.5 Å². The van der Waals surface area contributed by atoms with Gasteiger partial charge in [0.2, 0.25) is 17.7 Å². The molecular weight excluding hydrogens is 1980 g/mol. The smallest absolute Gasteiger partial charge is 0.255 e. The molecule has 6 aliphatic heterocycles. The van der Waals surface area contributed by atoms with Crippen LogP contribution in [0.15, 0.2) is 122 Å². The van der Waals surface area contributed by atoms with Crippen molar-refractivity contribution in [2.75, 3.05) is 89.6 Å². The molecule has 792 valence electrons. The highest BCUT2D eigenvalue weighted by Gasteiger charge is 2.58. The molecule has 12 aromatic rings. The molecule has 0 radical (unpaired) electrons. The Morgan fingerprint density at radius 1 is 0.387 bits per heavy atom. The summed E-state index contributed by atoms with van der Waals surface area (Å²) >= 11 is 18.5. The molecule has 27 nitrogen and oxygen atoms in total. The molecule has 6 fully saturated rings. The van der Waals surface area contributed by atoms with Gasteiger partial charge in [-0.1, -0.05) is 90.5 Å². The highest BCUT2D eigenvalue weighted by atomic mass is 35.5. The number of fused-ring (bicyclic) bond motifs is 6. The van der Waals surface area contributed by atoms with E-state index in [1.165, 1.54) is 76.0 Å². The lowest BCUT2D eigenvalue weighted by molar-refractivity contribution is -0.124. The van der Waals surface area contributed by atoms with E-state index in [1.54, 1.807) is 25.9 Å². The van der Waals surface area contributed by atoms with Gasteiger partial charge in [0.05, 0.1) is 124 Å². The summed E-state index contributed by atoms with van der Waals surface area (Å²) in [5.41, 5.74) is 11.2. The van der Waals surface area contributed by atoms with Crippen molar-refractivity contribution >= 4 is 155 Å². The minimum atomic E-state index is -2.76. The Labute approximate surface area is 885 Å². The minimum absolute atomic E-state index is 0.0196. The average molecular weight is 2110 g/mol. The Balaban J connectivity index is 0.000000141. The van der Waals surface area contributed by atoms with Crippen LogP contribution in [0.4, 0.5) is 77.9 Å². The fourth-order valence-corrected chi connectivity index (χ4v) is 24.8. The fourth-order valence-electron chi connectivity index (χ4n) is 24.1. The molecular formula is C114H132Cl3F6N21O6. The van der Waals surface area contributed by atoms with E-state index in [0.29, 0.717) is 62.5 Å². The maximum absolute atomic E-state index is 15.4. The van der Waals surface area contributed by atoms with Crippen molar-refractivity contribution < 1.29 is 55.1 Å². The molecule has 0 spiro atoms. The number of likely N-dealkylation sites (tertiary alicyclic amines) is 3. The molecule has 0 atom stereocenters. The quantitative estimate of drug-likeness (QED) is 0.0229. The van der Waals surface area contributed by atoms with E-state index in [9.17, 15) is 37.5 Å². The second-order valence-corrected chi connectivity index (χ2v) is 46.2. The number of amides is 6. The van der Waals surface area contributed by atoms with Crippen LogP contribution in [0, 0.1) is 23.3 Å². The first-order valence-electron chi connectivity index (χ1n) is 52.7. The van der Waals surface area contributed by atoms with Gasteiger partial charge in [-0.15, -0.1) is 0 Å². The van der Waals surface area contributed by atoms with Gasteiger partial charge in [0.1, 0.15) is 28.2 Å². The zero-order valence-electron chi connectivity index (χ0n) is 88.1. The maximum Gasteiger partial charge on any atom is 0.255 e. The first-order chi connectivity index (χ1) is 71.2. The van der Waals surface area contributed by atoms with Crippen LogP contribution < -0.4 is 46.6 Å². The molecule has 6 aromatic heterocycles. The van der Waals surface area contributed by atoms with Crippen LogP contribution in [0.1, 0.15) is 280 Å². The SMILES string of the molecule is CC(C)n1cnc2cc(-c3ccc4c(c3)N(C3CC(C)(N5CCCCC5)C3)C(=O)C4(C)C)nc(Nc3cc(C(=O)NCC(F)F)c(Cl)cc3F)c21.CCNC(=O)c1cc(Nc2nc(-c3ccc4c(c3)N(C3CC(C)(N5CCCCC5)C3)C(=O)C4(C)C)cc3ncn(C(C)C)c23)c(F)c(F)c1Cl.CCNC(=O)c1cc(Nc2nc(-c3ccc4c(c3)N(C3CC(C)(N5CCCCC5)C3)C(=O)C4(C)C)cc3ncn(C(C)C)c23)c(F)cc1Cl. The van der Waals surface area contributed by atoms with Crippen LogP contribution in [-0.2, 0) is 30.6 Å². The third-order valence-electron chi connectivity index (χ3n) is 32.6. The molecule has 0 unspecified atom stereocenters. The van der Waals surface area contributed by atoms with Crippen LogP contribution in [0.2, 0.25) is 15.1 Å². The second-order valence-electron chi connectivity index (χ2n) is 45.1. The first-order valence-corrected chi connectivity index (χ1v) is 53.8. The number of rotatable bonds is 25. The predicted octanol–water partition coefficient (Wildman–Crippen LogP) is 24.4. The molecule has 150 heavy (non-hydrogen) atoms. The lowest BCUT2D eigenvalue weighted by atomic mass is 9.71. The molecule has 0 bridgehead atoms. The van der Waals surface area contributed by atoms with Crippen molar-refractivity contribution in [1.29, 1.82) is 0 Å². The number of imidazole rings is 3. The van der Waals surface area contributed by atoms with E-state index < -0.39 is 75.2 Å². The van der Waals surface area contributed by atoms with Gasteiger partial charge in [-0.2, -0.15) is 0 Å². The number of alkyl halides is 2. The number of hydrogen-bond donors (Lipinski definition) is 6. The van der Waals surface area contributed by atoms with E-state index in [2.05, 4.69) is 83.4 Å². The molecule has 9 aliphatic rings. The molecule has 6 N–H and O–H groups in total. The van der Waals surface area contributed by atoms with Gasteiger partial charge < -0.3 is 60.3 Å². The normalized spacial score (nSPS) is 21.9. The Morgan fingerprint density at radius 2 is 0.680 bits per heavy atom. The highest BCUT2D eigenvalue weighted by molar-refractivity contribution is 6.35. The molecule has 6 amide bonds. The van der Waals surface area contributed by atoms with Crippen molar-refractivity contribution in [3.05, 3.63) is 194 Å². The van der Waals surface area contributed by atoms with Gasteiger partial charge in [-0.25, -0.2) is 56.2 Å². The molecule has 3 aliphatic carbocycles. The standard InChI is InChI=1S/C38H43ClF3N7O2.C38H44ClF2N7O2.C38H45ClFN7O2/c1-21(2)48-20-44-30-16-28(45-34(33(30)48)46-29-14-24(26(39)15-27(29)40)35(50)43-19-32(41)42)22-9-10-25-31(13-22)49(36(51)37(25,3)4)23-17-38(5,18-23)47-11-7-6-8-12-47;1-7-42-35(49)24-16-27(31(40)32(41)30(24)39)45-34-33-28(43-20-47(33)21(2)3)17-26(44-34)22-11-12-25-29(15-22)48(36(50)37(25,4)5)23-18-38(6,19-23)46-13-9-8-10-14-46;1-7-41-35(48)25-16-30(28(40)17-27(25)39)44-34-33-31(42-21-46(33)22(2)3)18-29(43-34)23-11-12-26-32(15-23)47(36(49)37(26,4)5)24-19-38(6,20-24)45-13-9-8-10-14-45/h9-10,13-16,20-21,23,32H,6-8,11-12,17-19H2,1-5H3,(H,43,50)(H,45,46);11-12,15-17,20-21,23H,7-10,13-14,18-19H2,1-6H3,(H,42,49)(H,44,45);11-12,15-18,21-22,24H,7-10,13-14,19-20H2,1-6H3,(H,41,48)(H,43,44). The number of aromatic nitrogens is 9. The number of pyridine rings is 3. The van der Waals surface area contributed by atoms with Crippen molar-refractivity contribution in [1.82, 2.24) is 74.3 Å². The Hall–Kier alpha value is -12.3. The van der Waals surface area contributed by atoms with Crippen LogP contribution in [-0.4, -0.2) is 194 Å². The van der Waals surface area contributed by atoms with Crippen LogP contribution in [0.25, 0.3) is 66.9 Å². The summed E-state index contributed by atoms with van der Waals surface area (Å²) in [6.07, 6.45) is 19.2. The minimum Gasteiger partial charge on any atom is -0.352 e. The Kier molecular flexibility index (Phi) is 29.1. The number of anilines is 9. The fraction of sp³-hybridized carbons (Fsp3) is 0.474. The van der Waals surface area contributed by atoms with Crippen LogP contribution in [0.5, 0.6) is 0 Å². The van der Waals surface area contributed by atoms with Crippen molar-refractivity contribution in [3.63, 3.8) is 0 Å². The number of carbonyl (C=O) groups is 6. The summed E-state index contributed by atoms with van der Waals surface area (Å²) in [6.45, 7) is 41.0. The summed E-state index contributed by atoms with van der Waals surface area (Å²) < 4.78 is 92.7. The lowest BCUT2D eigenvalue weighted by Gasteiger charge is -2.55. The van der Waals surface area contributed by atoms with Crippen molar-refractivity contribution in [3.8, 4) is 33.8 Å². The molecule has 36 heteroatoms.